The van der Waals surface area contributed by atoms with Gasteiger partial charge in [0, 0.05) is 12.8 Å². The quantitative estimate of drug-likeness (QED) is 0.0320. The lowest BCUT2D eigenvalue weighted by molar-refractivity contribution is -0.143. The van der Waals surface area contributed by atoms with Gasteiger partial charge in [-0.3, -0.25) is 9.59 Å². The number of amides is 1. The van der Waals surface area contributed by atoms with E-state index in [1.807, 2.05) is 6.08 Å². The highest BCUT2D eigenvalue weighted by atomic mass is 16.5. The Hall–Kier alpha value is -1.40. The van der Waals surface area contributed by atoms with Crippen molar-refractivity contribution in [1.29, 1.82) is 0 Å². The second kappa shape index (κ2) is 65.1. The Bertz CT molecular complexity index is 1130. The lowest BCUT2D eigenvalue weighted by Crippen LogP contribution is -2.45. The van der Waals surface area contributed by atoms with Crippen LogP contribution in [0.15, 0.2) is 12.2 Å². The molecule has 0 radical (unpaired) electrons. The number of carbonyl (C=O) groups is 2. The lowest BCUT2D eigenvalue weighted by atomic mass is 10.0. The van der Waals surface area contributed by atoms with Crippen molar-refractivity contribution in [3.05, 3.63) is 12.2 Å². The van der Waals surface area contributed by atoms with E-state index in [9.17, 15) is 19.8 Å². The number of nitrogens with one attached hydrogen (secondary N) is 1. The molecule has 2 unspecified atom stereocenters. The van der Waals surface area contributed by atoms with Gasteiger partial charge in [-0.05, 0) is 32.1 Å². The number of aliphatic hydroxyl groups excluding tert-OH is 2. The van der Waals surface area contributed by atoms with Crippen molar-refractivity contribution in [2.75, 3.05) is 13.2 Å². The molecule has 0 aliphatic heterocycles. The first-order valence-electron chi connectivity index (χ1n) is 34.5. The van der Waals surface area contributed by atoms with Gasteiger partial charge in [-0.2, -0.15) is 0 Å². The standard InChI is InChI=1S/C69H135NO5/c1-3-5-7-9-11-13-15-17-19-20-30-34-37-41-45-49-53-57-61-67(72)66(65-71)70-68(73)62-58-54-50-46-42-38-35-31-28-26-24-22-21-23-25-27-29-32-36-40-44-48-52-56-60-64-75-69(74)63-59-55-51-47-43-39-33-18-16-14-12-10-8-6-4-2/h57,61,66-67,71-72H,3-56,58-60,62-65H2,1-2H3,(H,70,73)/b61-57+. The zero-order valence-electron chi connectivity index (χ0n) is 51.1. The number of hydrogen-bond acceptors (Lipinski definition) is 5. The lowest BCUT2D eigenvalue weighted by Gasteiger charge is -2.20. The van der Waals surface area contributed by atoms with Crippen molar-refractivity contribution in [3.8, 4) is 0 Å². The number of allylic oxidation sites excluding steroid dienone is 1. The Morgan fingerprint density at radius 3 is 0.907 bits per heavy atom. The molecular formula is C69H135NO5. The molecule has 0 aromatic heterocycles. The molecular weight excluding hydrogens is 923 g/mol. The Labute approximate surface area is 469 Å². The number of unbranched alkanes of at least 4 members (excludes halogenated alkanes) is 54. The minimum Gasteiger partial charge on any atom is -0.466 e. The van der Waals surface area contributed by atoms with Crippen molar-refractivity contribution < 1.29 is 24.5 Å². The molecule has 1 amide bonds. The van der Waals surface area contributed by atoms with E-state index < -0.39 is 12.1 Å². The zero-order valence-corrected chi connectivity index (χ0v) is 51.1. The Morgan fingerprint density at radius 2 is 0.613 bits per heavy atom. The summed E-state index contributed by atoms with van der Waals surface area (Å²) in [5.74, 6) is -0.0426. The number of esters is 1. The van der Waals surface area contributed by atoms with Crippen LogP contribution in [0.25, 0.3) is 0 Å². The molecule has 0 saturated heterocycles. The normalized spacial score (nSPS) is 12.5. The van der Waals surface area contributed by atoms with Gasteiger partial charge in [0.15, 0.2) is 0 Å². The van der Waals surface area contributed by atoms with Crippen LogP contribution in [0.1, 0.15) is 393 Å². The van der Waals surface area contributed by atoms with Crippen LogP contribution in [0.4, 0.5) is 0 Å². The van der Waals surface area contributed by atoms with E-state index in [1.54, 1.807) is 6.08 Å². The van der Waals surface area contributed by atoms with Crippen LogP contribution >= 0.6 is 0 Å². The highest BCUT2D eigenvalue weighted by Crippen LogP contribution is 2.19. The average molecular weight is 1060 g/mol. The number of carbonyl (C=O) groups excluding carboxylic acids is 2. The van der Waals surface area contributed by atoms with Gasteiger partial charge >= 0.3 is 5.97 Å². The van der Waals surface area contributed by atoms with Crippen LogP contribution in [0.2, 0.25) is 0 Å². The van der Waals surface area contributed by atoms with E-state index >= 15 is 0 Å². The van der Waals surface area contributed by atoms with E-state index in [2.05, 4.69) is 19.2 Å². The number of aliphatic hydroxyl groups is 2. The minimum absolute atomic E-state index is 0.0198. The summed E-state index contributed by atoms with van der Waals surface area (Å²) >= 11 is 0. The summed E-state index contributed by atoms with van der Waals surface area (Å²) in [6.45, 7) is 4.95. The molecule has 0 aliphatic carbocycles. The maximum absolute atomic E-state index is 12.5. The first-order valence-corrected chi connectivity index (χ1v) is 34.5. The Balaban J connectivity index is 3.37. The van der Waals surface area contributed by atoms with Crippen LogP contribution in [0, 0.1) is 0 Å². The van der Waals surface area contributed by atoms with Crippen LogP contribution in [-0.4, -0.2) is 47.4 Å². The maximum atomic E-state index is 12.5. The van der Waals surface area contributed by atoms with Gasteiger partial charge in [-0.25, -0.2) is 0 Å². The molecule has 0 aromatic rings. The van der Waals surface area contributed by atoms with Crippen molar-refractivity contribution in [3.63, 3.8) is 0 Å². The van der Waals surface area contributed by atoms with Crippen LogP contribution in [-0.2, 0) is 14.3 Å². The third-order valence-corrected chi connectivity index (χ3v) is 16.3. The maximum Gasteiger partial charge on any atom is 0.305 e. The van der Waals surface area contributed by atoms with Gasteiger partial charge in [-0.1, -0.05) is 360 Å². The fourth-order valence-electron chi connectivity index (χ4n) is 11.1. The third kappa shape index (κ3) is 61.7. The molecule has 0 spiro atoms. The van der Waals surface area contributed by atoms with Crippen LogP contribution < -0.4 is 5.32 Å². The summed E-state index contributed by atoms with van der Waals surface area (Å²) in [6, 6.07) is -0.626. The van der Waals surface area contributed by atoms with Crippen molar-refractivity contribution in [2.24, 2.45) is 0 Å². The highest BCUT2D eigenvalue weighted by molar-refractivity contribution is 5.76. The van der Waals surface area contributed by atoms with Gasteiger partial charge < -0.3 is 20.3 Å². The minimum atomic E-state index is -0.843. The zero-order chi connectivity index (χ0) is 54.3. The summed E-state index contributed by atoms with van der Waals surface area (Å²) in [7, 11) is 0. The summed E-state index contributed by atoms with van der Waals surface area (Å²) in [5.41, 5.74) is 0. The van der Waals surface area contributed by atoms with Crippen molar-refractivity contribution in [1.82, 2.24) is 5.32 Å². The highest BCUT2D eigenvalue weighted by Gasteiger charge is 2.18. The summed E-state index contributed by atoms with van der Waals surface area (Å²) in [5, 5.41) is 23.2. The second-order valence-corrected chi connectivity index (χ2v) is 23.9. The first-order chi connectivity index (χ1) is 37.0. The molecule has 6 nitrogen and oxygen atoms in total. The Morgan fingerprint density at radius 1 is 0.360 bits per heavy atom. The van der Waals surface area contributed by atoms with Gasteiger partial charge in [0.25, 0.3) is 0 Å². The summed E-state index contributed by atoms with van der Waals surface area (Å²) in [6.07, 6.45) is 79.9. The monoisotopic (exact) mass is 1060 g/mol. The van der Waals surface area contributed by atoms with E-state index in [4.69, 9.17) is 4.74 Å². The first kappa shape index (κ1) is 73.6. The van der Waals surface area contributed by atoms with Gasteiger partial charge in [0.1, 0.15) is 0 Å². The van der Waals surface area contributed by atoms with Crippen molar-refractivity contribution >= 4 is 11.9 Å². The SMILES string of the molecule is CCCCCCCCCCCCCCCCCC/C=C/C(O)C(CO)NC(=O)CCCCCCCCCCCCCCCCCCCCCCCCCCCOC(=O)CCCCCCCCCCCCCCCCC. The van der Waals surface area contributed by atoms with Gasteiger partial charge in [-0.15, -0.1) is 0 Å². The molecule has 6 heteroatoms. The molecule has 2 atom stereocenters. The average Bonchev–Trinajstić information content (AvgIpc) is 3.41. The van der Waals surface area contributed by atoms with Crippen molar-refractivity contribution in [2.45, 2.75) is 405 Å². The molecule has 0 rings (SSSR count). The Kier molecular flexibility index (Phi) is 63.9. The molecule has 0 aromatic carbocycles. The third-order valence-electron chi connectivity index (χ3n) is 16.3. The van der Waals surface area contributed by atoms with E-state index in [0.717, 1.165) is 38.5 Å². The number of rotatable bonds is 65. The molecule has 446 valence electrons. The number of ether oxygens (including phenoxy) is 1. The molecule has 0 aliphatic rings. The summed E-state index contributed by atoms with van der Waals surface area (Å²) < 4.78 is 5.50. The largest absolute Gasteiger partial charge is 0.466 e. The predicted molar refractivity (Wildman–Crippen MR) is 329 cm³/mol. The number of hydrogen-bond donors (Lipinski definition) is 3. The molecule has 0 heterocycles. The van der Waals surface area contributed by atoms with E-state index in [1.165, 1.54) is 327 Å². The molecule has 0 bridgehead atoms. The fourth-order valence-corrected chi connectivity index (χ4v) is 11.1. The molecule has 3 N–H and O–H groups in total. The topological polar surface area (TPSA) is 95.9 Å². The van der Waals surface area contributed by atoms with Gasteiger partial charge in [0.2, 0.25) is 5.91 Å². The molecule has 0 saturated carbocycles. The smallest absolute Gasteiger partial charge is 0.305 e. The van der Waals surface area contributed by atoms with Crippen LogP contribution in [0.3, 0.4) is 0 Å². The predicted octanol–water partition coefficient (Wildman–Crippen LogP) is 22.0. The summed E-state index contributed by atoms with van der Waals surface area (Å²) in [4.78, 5) is 24.6. The second-order valence-electron chi connectivity index (χ2n) is 23.9. The van der Waals surface area contributed by atoms with Gasteiger partial charge in [0.05, 0.1) is 25.4 Å². The molecule has 75 heavy (non-hydrogen) atoms. The molecule has 0 fully saturated rings. The van der Waals surface area contributed by atoms with E-state index in [-0.39, 0.29) is 18.5 Å². The fraction of sp³-hybridized carbons (Fsp3) is 0.942. The van der Waals surface area contributed by atoms with E-state index in [0.29, 0.717) is 19.4 Å². The van der Waals surface area contributed by atoms with Crippen LogP contribution in [0.5, 0.6) is 0 Å².